The monoisotopic (exact) mass is 396 g/mol. The standard InChI is InChI=1S/C22H20O7/c1-4-13-5-7-16-15(10-19(24)29-18(16)9-13)12-28-22(25)20-14(11-23)6-8-17(26-2)21(20)27-3/h5-11H,4,12H2,1-3H3. The molecule has 3 rings (SSSR count). The Kier molecular flexibility index (Phi) is 5.97. The van der Waals surface area contributed by atoms with E-state index in [0.717, 1.165) is 12.0 Å². The second kappa shape index (κ2) is 8.60. The number of aryl methyl sites for hydroxylation is 1. The van der Waals surface area contributed by atoms with Crippen LogP contribution in [0.3, 0.4) is 0 Å². The molecule has 7 heteroatoms. The number of esters is 1. The van der Waals surface area contributed by atoms with Gasteiger partial charge in [-0.3, -0.25) is 4.79 Å². The van der Waals surface area contributed by atoms with E-state index in [4.69, 9.17) is 18.6 Å². The number of hydrogen-bond acceptors (Lipinski definition) is 7. The molecular formula is C22H20O7. The number of carbonyl (C=O) groups excluding carboxylic acids is 2. The van der Waals surface area contributed by atoms with Crippen LogP contribution in [-0.4, -0.2) is 26.5 Å². The predicted octanol–water partition coefficient (Wildman–Crippen LogP) is 3.54. The Labute approximate surface area is 166 Å². The maximum absolute atomic E-state index is 12.7. The van der Waals surface area contributed by atoms with Crippen LogP contribution in [0.25, 0.3) is 11.0 Å². The van der Waals surface area contributed by atoms with Crippen LogP contribution >= 0.6 is 0 Å². The highest BCUT2D eigenvalue weighted by Gasteiger charge is 2.23. The van der Waals surface area contributed by atoms with Gasteiger partial charge in [-0.25, -0.2) is 9.59 Å². The molecule has 0 fully saturated rings. The van der Waals surface area contributed by atoms with Crippen molar-refractivity contribution in [3.63, 3.8) is 0 Å². The Morgan fingerprint density at radius 1 is 1.10 bits per heavy atom. The first-order valence-electron chi connectivity index (χ1n) is 8.95. The van der Waals surface area contributed by atoms with Crippen LogP contribution in [0.2, 0.25) is 0 Å². The Bertz CT molecular complexity index is 1130. The van der Waals surface area contributed by atoms with Gasteiger partial charge in [0.05, 0.1) is 14.2 Å². The lowest BCUT2D eigenvalue weighted by atomic mass is 10.1. The minimum atomic E-state index is -0.769. The molecule has 0 aliphatic rings. The van der Waals surface area contributed by atoms with E-state index in [2.05, 4.69) is 0 Å². The molecule has 3 aromatic rings. The Morgan fingerprint density at radius 3 is 2.55 bits per heavy atom. The third-order valence-corrected chi connectivity index (χ3v) is 4.57. The number of hydrogen-bond donors (Lipinski definition) is 0. The van der Waals surface area contributed by atoms with Crippen LogP contribution in [0.5, 0.6) is 11.5 Å². The van der Waals surface area contributed by atoms with E-state index >= 15 is 0 Å². The van der Waals surface area contributed by atoms with Crippen molar-refractivity contribution < 1.29 is 28.2 Å². The highest BCUT2D eigenvalue weighted by atomic mass is 16.5. The third kappa shape index (κ3) is 3.99. The van der Waals surface area contributed by atoms with Gasteiger partial charge in [0.15, 0.2) is 17.8 Å². The molecule has 7 nitrogen and oxygen atoms in total. The molecule has 2 aromatic carbocycles. The summed E-state index contributed by atoms with van der Waals surface area (Å²) in [5.74, 6) is -0.371. The molecular weight excluding hydrogens is 376 g/mol. The molecule has 0 saturated carbocycles. The first-order chi connectivity index (χ1) is 14.0. The zero-order valence-electron chi connectivity index (χ0n) is 16.3. The fourth-order valence-electron chi connectivity index (χ4n) is 3.08. The molecule has 1 heterocycles. The van der Waals surface area contributed by atoms with Gasteiger partial charge in [-0.2, -0.15) is 0 Å². The van der Waals surface area contributed by atoms with Crippen molar-refractivity contribution in [1.29, 1.82) is 0 Å². The minimum absolute atomic E-state index is 0.0395. The average molecular weight is 396 g/mol. The molecule has 0 bridgehead atoms. The Balaban J connectivity index is 1.96. The van der Waals surface area contributed by atoms with Gasteiger partial charge in [0.2, 0.25) is 0 Å². The maximum atomic E-state index is 12.7. The van der Waals surface area contributed by atoms with Gasteiger partial charge in [-0.15, -0.1) is 0 Å². The van der Waals surface area contributed by atoms with Crippen LogP contribution in [0.1, 0.15) is 38.8 Å². The van der Waals surface area contributed by atoms with Crippen LogP contribution in [0, 0.1) is 0 Å². The zero-order chi connectivity index (χ0) is 21.0. The van der Waals surface area contributed by atoms with Crippen molar-refractivity contribution in [1.82, 2.24) is 0 Å². The number of ether oxygens (including phenoxy) is 3. The number of fused-ring (bicyclic) bond motifs is 1. The SMILES string of the molecule is CCc1ccc2c(COC(=O)c3c(C=O)ccc(OC)c3OC)cc(=O)oc2c1. The number of benzene rings is 2. The topological polar surface area (TPSA) is 92.0 Å². The van der Waals surface area contributed by atoms with Gasteiger partial charge in [0.25, 0.3) is 0 Å². The summed E-state index contributed by atoms with van der Waals surface area (Å²) >= 11 is 0. The number of aldehydes is 1. The van der Waals surface area contributed by atoms with Crippen molar-refractivity contribution in [2.75, 3.05) is 14.2 Å². The Hall–Kier alpha value is -3.61. The van der Waals surface area contributed by atoms with Crippen LogP contribution in [0.15, 0.2) is 45.6 Å². The molecule has 0 radical (unpaired) electrons. The van der Waals surface area contributed by atoms with Gasteiger partial charge in [0, 0.05) is 22.6 Å². The first-order valence-corrected chi connectivity index (χ1v) is 8.95. The lowest BCUT2D eigenvalue weighted by Crippen LogP contribution is -2.12. The molecule has 0 aliphatic heterocycles. The van der Waals surface area contributed by atoms with Crippen LogP contribution in [0.4, 0.5) is 0 Å². The summed E-state index contributed by atoms with van der Waals surface area (Å²) in [5, 5.41) is 0.669. The normalized spacial score (nSPS) is 10.6. The van der Waals surface area contributed by atoms with E-state index in [1.165, 1.54) is 32.4 Å². The van der Waals surface area contributed by atoms with E-state index in [9.17, 15) is 14.4 Å². The third-order valence-electron chi connectivity index (χ3n) is 4.57. The van der Waals surface area contributed by atoms with Crippen molar-refractivity contribution in [3.8, 4) is 11.5 Å². The molecule has 0 unspecified atom stereocenters. The highest BCUT2D eigenvalue weighted by Crippen LogP contribution is 2.33. The van der Waals surface area contributed by atoms with E-state index in [1.54, 1.807) is 6.07 Å². The zero-order valence-corrected chi connectivity index (χ0v) is 16.3. The molecule has 0 amide bonds. The second-order valence-electron chi connectivity index (χ2n) is 6.23. The smallest absolute Gasteiger partial charge is 0.343 e. The second-order valence-corrected chi connectivity index (χ2v) is 6.23. The van der Waals surface area contributed by atoms with E-state index in [0.29, 0.717) is 28.6 Å². The minimum Gasteiger partial charge on any atom is -0.493 e. The van der Waals surface area contributed by atoms with Gasteiger partial charge in [0.1, 0.15) is 17.8 Å². The van der Waals surface area contributed by atoms with Gasteiger partial charge in [-0.1, -0.05) is 19.1 Å². The van der Waals surface area contributed by atoms with Crippen LogP contribution < -0.4 is 15.1 Å². The van der Waals surface area contributed by atoms with Gasteiger partial charge in [-0.05, 0) is 30.2 Å². The van der Waals surface area contributed by atoms with Crippen molar-refractivity contribution >= 4 is 23.2 Å². The van der Waals surface area contributed by atoms with E-state index < -0.39 is 11.6 Å². The molecule has 0 atom stereocenters. The average Bonchev–Trinajstić information content (AvgIpc) is 2.75. The lowest BCUT2D eigenvalue weighted by molar-refractivity contribution is 0.0467. The summed E-state index contributed by atoms with van der Waals surface area (Å²) in [6.07, 6.45) is 1.33. The summed E-state index contributed by atoms with van der Waals surface area (Å²) in [5.41, 5.74) is 1.48. The van der Waals surface area contributed by atoms with Crippen molar-refractivity contribution in [2.45, 2.75) is 20.0 Å². The summed E-state index contributed by atoms with van der Waals surface area (Å²) in [6, 6.07) is 9.79. The fraction of sp³-hybridized carbons (Fsp3) is 0.227. The summed E-state index contributed by atoms with van der Waals surface area (Å²) in [4.78, 5) is 36.1. The molecule has 0 saturated heterocycles. The maximum Gasteiger partial charge on any atom is 0.343 e. The van der Waals surface area contributed by atoms with Gasteiger partial charge >= 0.3 is 11.6 Å². The highest BCUT2D eigenvalue weighted by molar-refractivity contribution is 6.01. The molecule has 29 heavy (non-hydrogen) atoms. The fourth-order valence-corrected chi connectivity index (χ4v) is 3.08. The first kappa shape index (κ1) is 20.1. The van der Waals surface area contributed by atoms with E-state index in [-0.39, 0.29) is 23.5 Å². The summed E-state index contributed by atoms with van der Waals surface area (Å²) in [7, 11) is 2.79. The molecule has 1 aromatic heterocycles. The van der Waals surface area contributed by atoms with E-state index in [1.807, 2.05) is 19.1 Å². The summed E-state index contributed by atoms with van der Waals surface area (Å²) < 4.78 is 21.1. The largest absolute Gasteiger partial charge is 0.493 e. The van der Waals surface area contributed by atoms with Crippen molar-refractivity contribution in [3.05, 3.63) is 69.1 Å². The van der Waals surface area contributed by atoms with Crippen molar-refractivity contribution in [2.24, 2.45) is 0 Å². The molecule has 0 N–H and O–H groups in total. The molecule has 150 valence electrons. The molecule has 0 aliphatic carbocycles. The number of rotatable bonds is 7. The van der Waals surface area contributed by atoms with Crippen LogP contribution in [-0.2, 0) is 17.8 Å². The predicted molar refractivity (Wildman–Crippen MR) is 106 cm³/mol. The van der Waals surface area contributed by atoms with Gasteiger partial charge < -0.3 is 18.6 Å². The summed E-state index contributed by atoms with van der Waals surface area (Å²) in [6.45, 7) is 1.82. The lowest BCUT2D eigenvalue weighted by Gasteiger charge is -2.14. The Morgan fingerprint density at radius 2 is 1.90 bits per heavy atom. The number of carbonyl (C=O) groups is 2. The quantitative estimate of drug-likeness (QED) is 0.343. The number of methoxy groups -OCH3 is 2. The molecule has 0 spiro atoms.